The highest BCUT2D eigenvalue weighted by Gasteiger charge is 2.15. The zero-order valence-corrected chi connectivity index (χ0v) is 9.14. The molecule has 84 valence electrons. The molecule has 0 radical (unpaired) electrons. The lowest BCUT2D eigenvalue weighted by Gasteiger charge is -2.17. The molecule has 0 saturated carbocycles. The van der Waals surface area contributed by atoms with Gasteiger partial charge in [-0.05, 0) is 12.1 Å². The molecule has 0 atom stereocenters. The summed E-state index contributed by atoms with van der Waals surface area (Å²) in [7, 11) is 1.63. The van der Waals surface area contributed by atoms with Gasteiger partial charge in [0.05, 0.1) is 6.42 Å². The van der Waals surface area contributed by atoms with E-state index in [-0.39, 0.29) is 17.9 Å². The SMILES string of the molecule is C=C(CC(N)=O)C(=O)N(C)c1ccccc1. The van der Waals surface area contributed by atoms with Gasteiger partial charge in [-0.1, -0.05) is 24.8 Å². The number of carbonyl (C=O) groups is 2. The number of amides is 2. The number of hydrogen-bond acceptors (Lipinski definition) is 2. The van der Waals surface area contributed by atoms with Gasteiger partial charge >= 0.3 is 0 Å². The van der Waals surface area contributed by atoms with Crippen LogP contribution in [0.15, 0.2) is 42.5 Å². The second-order valence-corrected chi connectivity index (χ2v) is 3.45. The average molecular weight is 218 g/mol. The van der Waals surface area contributed by atoms with Crippen LogP contribution in [0.4, 0.5) is 5.69 Å². The molecule has 2 amide bonds. The fraction of sp³-hybridized carbons (Fsp3) is 0.167. The molecule has 0 fully saturated rings. The van der Waals surface area contributed by atoms with Gasteiger partial charge < -0.3 is 10.6 Å². The minimum atomic E-state index is -0.556. The molecule has 0 aliphatic heterocycles. The number of para-hydroxylation sites is 1. The van der Waals surface area contributed by atoms with E-state index in [0.717, 1.165) is 5.69 Å². The number of hydrogen-bond donors (Lipinski definition) is 1. The molecular formula is C12H14N2O2. The average Bonchev–Trinajstić information content (AvgIpc) is 2.27. The predicted molar refractivity (Wildman–Crippen MR) is 62.8 cm³/mol. The minimum absolute atomic E-state index is 0.115. The quantitative estimate of drug-likeness (QED) is 0.768. The van der Waals surface area contributed by atoms with E-state index in [0.29, 0.717) is 0 Å². The lowest BCUT2D eigenvalue weighted by molar-refractivity contribution is -0.120. The van der Waals surface area contributed by atoms with Crippen molar-refractivity contribution in [1.82, 2.24) is 0 Å². The number of primary amides is 1. The van der Waals surface area contributed by atoms with Gasteiger partial charge in [0.2, 0.25) is 5.91 Å². The van der Waals surface area contributed by atoms with Gasteiger partial charge in [0.25, 0.3) is 5.91 Å². The van der Waals surface area contributed by atoms with Gasteiger partial charge in [0.1, 0.15) is 0 Å². The molecule has 0 aliphatic rings. The van der Waals surface area contributed by atoms with Crippen LogP contribution in [-0.2, 0) is 9.59 Å². The van der Waals surface area contributed by atoms with Crippen molar-refractivity contribution in [3.05, 3.63) is 42.5 Å². The largest absolute Gasteiger partial charge is 0.369 e. The molecule has 0 unspecified atom stereocenters. The second kappa shape index (κ2) is 5.11. The van der Waals surface area contributed by atoms with Gasteiger partial charge in [0, 0.05) is 18.3 Å². The van der Waals surface area contributed by atoms with Crippen molar-refractivity contribution in [2.75, 3.05) is 11.9 Å². The number of nitrogens with two attached hydrogens (primary N) is 1. The molecule has 0 bridgehead atoms. The van der Waals surface area contributed by atoms with Crippen molar-refractivity contribution in [2.24, 2.45) is 5.73 Å². The molecule has 0 spiro atoms. The number of rotatable bonds is 4. The summed E-state index contributed by atoms with van der Waals surface area (Å²) in [6.45, 7) is 3.55. The molecule has 0 heterocycles. The molecule has 2 N–H and O–H groups in total. The Bertz CT molecular complexity index is 412. The third-order valence-electron chi connectivity index (χ3n) is 2.14. The van der Waals surface area contributed by atoms with Crippen LogP contribution in [0.5, 0.6) is 0 Å². The highest BCUT2D eigenvalue weighted by atomic mass is 16.2. The maximum atomic E-state index is 11.8. The Morgan fingerprint density at radius 2 is 1.88 bits per heavy atom. The summed E-state index contributed by atoms with van der Waals surface area (Å²) in [5.41, 5.74) is 5.94. The molecule has 0 saturated heterocycles. The lowest BCUT2D eigenvalue weighted by atomic mass is 10.1. The number of benzene rings is 1. The Hall–Kier alpha value is -2.10. The normalized spacial score (nSPS) is 9.56. The Balaban J connectivity index is 2.75. The summed E-state index contributed by atoms with van der Waals surface area (Å²) in [4.78, 5) is 23.9. The number of carbonyl (C=O) groups excluding carboxylic acids is 2. The third kappa shape index (κ3) is 2.95. The maximum Gasteiger partial charge on any atom is 0.253 e. The summed E-state index contributed by atoms with van der Waals surface area (Å²) in [6, 6.07) is 9.12. The van der Waals surface area contributed by atoms with E-state index in [1.807, 2.05) is 18.2 Å². The van der Waals surface area contributed by atoms with Crippen LogP contribution in [-0.4, -0.2) is 18.9 Å². The van der Waals surface area contributed by atoms with E-state index in [4.69, 9.17) is 5.73 Å². The van der Waals surface area contributed by atoms with E-state index < -0.39 is 5.91 Å². The lowest BCUT2D eigenvalue weighted by Crippen LogP contribution is -2.29. The molecule has 0 aliphatic carbocycles. The molecular weight excluding hydrogens is 204 g/mol. The Morgan fingerprint density at radius 1 is 1.31 bits per heavy atom. The highest BCUT2D eigenvalue weighted by Crippen LogP contribution is 2.14. The number of nitrogens with zero attached hydrogens (tertiary/aromatic N) is 1. The van der Waals surface area contributed by atoms with Crippen LogP contribution in [0, 0.1) is 0 Å². The summed E-state index contributed by atoms with van der Waals surface area (Å²) >= 11 is 0. The van der Waals surface area contributed by atoms with Crippen molar-refractivity contribution in [1.29, 1.82) is 0 Å². The van der Waals surface area contributed by atoms with Gasteiger partial charge in [-0.2, -0.15) is 0 Å². The molecule has 4 nitrogen and oxygen atoms in total. The van der Waals surface area contributed by atoms with Crippen molar-refractivity contribution >= 4 is 17.5 Å². The highest BCUT2D eigenvalue weighted by molar-refractivity contribution is 6.07. The van der Waals surface area contributed by atoms with Gasteiger partial charge in [0.15, 0.2) is 0 Å². The number of anilines is 1. The first kappa shape index (κ1) is 12.0. The number of likely N-dealkylation sites (N-methyl/N-ethyl adjacent to an activating group) is 1. The van der Waals surface area contributed by atoms with Crippen LogP contribution in [0.25, 0.3) is 0 Å². The van der Waals surface area contributed by atoms with Gasteiger partial charge in [-0.15, -0.1) is 0 Å². The summed E-state index contributed by atoms with van der Waals surface area (Å²) in [6.07, 6.45) is -0.115. The van der Waals surface area contributed by atoms with E-state index in [9.17, 15) is 9.59 Å². The smallest absolute Gasteiger partial charge is 0.253 e. The molecule has 1 rings (SSSR count). The van der Waals surface area contributed by atoms with E-state index in [2.05, 4.69) is 6.58 Å². The fourth-order valence-corrected chi connectivity index (χ4v) is 1.29. The monoisotopic (exact) mass is 218 g/mol. The molecule has 1 aromatic rings. The van der Waals surface area contributed by atoms with Crippen molar-refractivity contribution in [3.63, 3.8) is 0 Å². The first-order valence-corrected chi connectivity index (χ1v) is 4.81. The van der Waals surface area contributed by atoms with Crippen molar-refractivity contribution in [2.45, 2.75) is 6.42 Å². The van der Waals surface area contributed by atoms with Crippen LogP contribution < -0.4 is 10.6 Å². The maximum absolute atomic E-state index is 11.8. The van der Waals surface area contributed by atoms with Crippen LogP contribution in [0.1, 0.15) is 6.42 Å². The summed E-state index contributed by atoms with van der Waals surface area (Å²) < 4.78 is 0. The standard InChI is InChI=1S/C12H14N2O2/c1-9(8-11(13)15)12(16)14(2)10-6-4-3-5-7-10/h3-7H,1,8H2,2H3,(H2,13,15). The predicted octanol–water partition coefficient (Wildman–Crippen LogP) is 1.08. The summed E-state index contributed by atoms with van der Waals surface area (Å²) in [5, 5.41) is 0. The van der Waals surface area contributed by atoms with Crippen molar-refractivity contribution in [3.8, 4) is 0 Å². The van der Waals surface area contributed by atoms with E-state index in [1.165, 1.54) is 4.90 Å². The van der Waals surface area contributed by atoms with Crippen LogP contribution >= 0.6 is 0 Å². The van der Waals surface area contributed by atoms with E-state index in [1.54, 1.807) is 19.2 Å². The van der Waals surface area contributed by atoms with Crippen LogP contribution in [0.2, 0.25) is 0 Å². The first-order valence-electron chi connectivity index (χ1n) is 4.81. The molecule has 1 aromatic carbocycles. The minimum Gasteiger partial charge on any atom is -0.369 e. The fourth-order valence-electron chi connectivity index (χ4n) is 1.29. The molecule has 0 aromatic heterocycles. The third-order valence-corrected chi connectivity index (χ3v) is 2.14. The second-order valence-electron chi connectivity index (χ2n) is 3.45. The Morgan fingerprint density at radius 3 is 2.38 bits per heavy atom. The molecule has 16 heavy (non-hydrogen) atoms. The summed E-state index contributed by atoms with van der Waals surface area (Å²) in [5.74, 6) is -0.857. The van der Waals surface area contributed by atoms with E-state index >= 15 is 0 Å². The first-order chi connectivity index (χ1) is 7.52. The van der Waals surface area contributed by atoms with Crippen LogP contribution in [0.3, 0.4) is 0 Å². The topological polar surface area (TPSA) is 63.4 Å². The zero-order valence-electron chi connectivity index (χ0n) is 9.14. The Kier molecular flexibility index (Phi) is 3.83. The Labute approximate surface area is 94.4 Å². The molecule has 4 heteroatoms. The van der Waals surface area contributed by atoms with Gasteiger partial charge in [-0.3, -0.25) is 9.59 Å². The zero-order chi connectivity index (χ0) is 12.1. The van der Waals surface area contributed by atoms with Crippen molar-refractivity contribution < 1.29 is 9.59 Å². The van der Waals surface area contributed by atoms with Gasteiger partial charge in [-0.25, -0.2) is 0 Å².